The van der Waals surface area contributed by atoms with Crippen LogP contribution in [-0.2, 0) is 11.3 Å². The van der Waals surface area contributed by atoms with Crippen LogP contribution in [0.4, 0.5) is 0 Å². The standard InChI is InChI=1S/C16H18N2OS/c1-6-7-18-13-9-11(4)8-12(5)14(13)20-16(18)17-15(19)10(2)3/h1,8-10H,7H2,2-5H3. The molecule has 1 aromatic heterocycles. The molecular weight excluding hydrogens is 268 g/mol. The van der Waals surface area contributed by atoms with Crippen LogP contribution in [0.5, 0.6) is 0 Å². The molecule has 0 saturated carbocycles. The predicted octanol–water partition coefficient (Wildman–Crippen LogP) is 3.04. The molecule has 0 spiro atoms. The van der Waals surface area contributed by atoms with Crippen molar-refractivity contribution in [2.45, 2.75) is 34.2 Å². The van der Waals surface area contributed by atoms with Crippen LogP contribution in [0.1, 0.15) is 25.0 Å². The molecule has 0 radical (unpaired) electrons. The van der Waals surface area contributed by atoms with Gasteiger partial charge in [0.1, 0.15) is 0 Å². The van der Waals surface area contributed by atoms with Gasteiger partial charge in [-0.15, -0.1) is 6.42 Å². The van der Waals surface area contributed by atoms with Crippen LogP contribution >= 0.6 is 11.3 Å². The number of carbonyl (C=O) groups is 1. The fraction of sp³-hybridized carbons (Fsp3) is 0.375. The summed E-state index contributed by atoms with van der Waals surface area (Å²) in [5.41, 5.74) is 3.43. The molecule has 0 aliphatic heterocycles. The first kappa shape index (κ1) is 14.5. The summed E-state index contributed by atoms with van der Waals surface area (Å²) in [6.07, 6.45) is 5.45. The van der Waals surface area contributed by atoms with Crippen molar-refractivity contribution in [1.29, 1.82) is 0 Å². The van der Waals surface area contributed by atoms with Crippen LogP contribution in [-0.4, -0.2) is 10.5 Å². The van der Waals surface area contributed by atoms with Crippen LogP contribution < -0.4 is 4.80 Å². The Labute approximate surface area is 123 Å². The summed E-state index contributed by atoms with van der Waals surface area (Å²) in [6, 6.07) is 4.22. The molecule has 0 N–H and O–H groups in total. The molecule has 2 aromatic rings. The molecule has 0 saturated heterocycles. The highest BCUT2D eigenvalue weighted by Crippen LogP contribution is 2.23. The number of hydrogen-bond donors (Lipinski definition) is 0. The highest BCUT2D eigenvalue weighted by atomic mass is 32.1. The third-order valence-corrected chi connectivity index (χ3v) is 4.29. The van der Waals surface area contributed by atoms with Gasteiger partial charge >= 0.3 is 0 Å². The number of carbonyl (C=O) groups excluding carboxylic acids is 1. The SMILES string of the molecule is C#CCn1c(=NC(=O)C(C)C)sc2c(C)cc(C)cc21. The van der Waals surface area contributed by atoms with Crippen molar-refractivity contribution in [3.63, 3.8) is 0 Å². The fourth-order valence-corrected chi connectivity index (χ4v) is 3.15. The van der Waals surface area contributed by atoms with Gasteiger partial charge in [-0.1, -0.05) is 37.2 Å². The summed E-state index contributed by atoms with van der Waals surface area (Å²) in [4.78, 5) is 16.8. The van der Waals surface area contributed by atoms with Crippen LogP contribution in [0.15, 0.2) is 17.1 Å². The van der Waals surface area contributed by atoms with E-state index in [1.54, 1.807) is 0 Å². The molecule has 0 atom stereocenters. The maximum absolute atomic E-state index is 11.9. The third-order valence-electron chi connectivity index (χ3n) is 3.06. The number of benzene rings is 1. The van der Waals surface area contributed by atoms with E-state index in [1.165, 1.54) is 22.5 Å². The summed E-state index contributed by atoms with van der Waals surface area (Å²) in [6.45, 7) is 8.24. The number of rotatable bonds is 2. The second kappa shape index (κ2) is 5.64. The maximum atomic E-state index is 11.9. The minimum atomic E-state index is -0.114. The van der Waals surface area contributed by atoms with Gasteiger partial charge in [-0.3, -0.25) is 4.79 Å². The zero-order valence-electron chi connectivity index (χ0n) is 12.2. The molecule has 1 aromatic carbocycles. The zero-order valence-corrected chi connectivity index (χ0v) is 13.0. The quantitative estimate of drug-likeness (QED) is 0.781. The van der Waals surface area contributed by atoms with E-state index in [4.69, 9.17) is 6.42 Å². The molecule has 0 aliphatic rings. The number of thiazole rings is 1. The minimum absolute atomic E-state index is 0.109. The van der Waals surface area contributed by atoms with Gasteiger partial charge in [0, 0.05) is 5.92 Å². The van der Waals surface area contributed by atoms with E-state index >= 15 is 0 Å². The number of aromatic nitrogens is 1. The number of fused-ring (bicyclic) bond motifs is 1. The normalized spacial score (nSPS) is 12.1. The average Bonchev–Trinajstić information content (AvgIpc) is 2.69. The molecule has 104 valence electrons. The lowest BCUT2D eigenvalue weighted by molar-refractivity contribution is -0.120. The summed E-state index contributed by atoms with van der Waals surface area (Å²) in [7, 11) is 0. The Hall–Kier alpha value is -1.86. The van der Waals surface area contributed by atoms with Gasteiger partial charge in [0.05, 0.1) is 16.8 Å². The Morgan fingerprint density at radius 2 is 2.15 bits per heavy atom. The van der Waals surface area contributed by atoms with E-state index in [1.807, 2.05) is 18.4 Å². The maximum Gasteiger partial charge on any atom is 0.250 e. The largest absolute Gasteiger partial charge is 0.305 e. The van der Waals surface area contributed by atoms with E-state index in [0.717, 1.165) is 10.2 Å². The van der Waals surface area contributed by atoms with E-state index in [0.29, 0.717) is 11.3 Å². The van der Waals surface area contributed by atoms with Crippen molar-refractivity contribution in [3.8, 4) is 12.3 Å². The first-order valence-corrected chi connectivity index (χ1v) is 7.38. The molecule has 0 bridgehead atoms. The number of amides is 1. The van der Waals surface area contributed by atoms with Crippen molar-refractivity contribution in [2.75, 3.05) is 0 Å². The van der Waals surface area contributed by atoms with Gasteiger partial charge in [-0.25, -0.2) is 0 Å². The monoisotopic (exact) mass is 286 g/mol. The molecule has 20 heavy (non-hydrogen) atoms. The van der Waals surface area contributed by atoms with Gasteiger partial charge in [-0.2, -0.15) is 4.99 Å². The Bertz CT molecular complexity index is 772. The highest BCUT2D eigenvalue weighted by molar-refractivity contribution is 7.16. The topological polar surface area (TPSA) is 34.4 Å². The predicted molar refractivity (Wildman–Crippen MR) is 83.5 cm³/mol. The summed E-state index contributed by atoms with van der Waals surface area (Å²) >= 11 is 1.52. The Balaban J connectivity index is 2.79. The Morgan fingerprint density at radius 1 is 1.45 bits per heavy atom. The van der Waals surface area contributed by atoms with Crippen molar-refractivity contribution in [2.24, 2.45) is 10.9 Å². The van der Waals surface area contributed by atoms with Crippen LogP contribution in [0.3, 0.4) is 0 Å². The molecule has 1 amide bonds. The molecule has 4 heteroatoms. The van der Waals surface area contributed by atoms with E-state index < -0.39 is 0 Å². The lowest BCUT2D eigenvalue weighted by atomic mass is 10.1. The highest BCUT2D eigenvalue weighted by Gasteiger charge is 2.11. The molecule has 0 aliphatic carbocycles. The van der Waals surface area contributed by atoms with E-state index in [2.05, 4.69) is 36.9 Å². The molecule has 0 unspecified atom stereocenters. The van der Waals surface area contributed by atoms with Gasteiger partial charge in [0.15, 0.2) is 4.80 Å². The minimum Gasteiger partial charge on any atom is -0.305 e. The first-order valence-electron chi connectivity index (χ1n) is 6.56. The molecular formula is C16H18N2OS. The number of aryl methyl sites for hydroxylation is 2. The second-order valence-electron chi connectivity index (χ2n) is 5.21. The van der Waals surface area contributed by atoms with Gasteiger partial charge in [-0.05, 0) is 31.0 Å². The molecule has 1 heterocycles. The Kier molecular flexibility index (Phi) is 4.10. The summed E-state index contributed by atoms with van der Waals surface area (Å²) in [5, 5.41) is 0. The van der Waals surface area contributed by atoms with Gasteiger partial charge < -0.3 is 4.57 Å². The van der Waals surface area contributed by atoms with Crippen LogP contribution in [0, 0.1) is 32.1 Å². The van der Waals surface area contributed by atoms with Crippen molar-refractivity contribution >= 4 is 27.5 Å². The van der Waals surface area contributed by atoms with Gasteiger partial charge in [0.2, 0.25) is 0 Å². The van der Waals surface area contributed by atoms with E-state index in [-0.39, 0.29) is 11.8 Å². The molecule has 2 rings (SSSR count). The molecule has 0 fully saturated rings. The first-order chi connectivity index (χ1) is 9.43. The average molecular weight is 286 g/mol. The summed E-state index contributed by atoms with van der Waals surface area (Å²) in [5.74, 6) is 2.42. The fourth-order valence-electron chi connectivity index (χ4n) is 2.07. The Morgan fingerprint density at radius 3 is 2.75 bits per heavy atom. The van der Waals surface area contributed by atoms with Crippen molar-refractivity contribution in [3.05, 3.63) is 28.1 Å². The lowest BCUT2D eigenvalue weighted by Gasteiger charge is -2.03. The van der Waals surface area contributed by atoms with Crippen molar-refractivity contribution in [1.82, 2.24) is 4.57 Å². The van der Waals surface area contributed by atoms with Crippen LogP contribution in [0.2, 0.25) is 0 Å². The van der Waals surface area contributed by atoms with Crippen LogP contribution in [0.25, 0.3) is 10.2 Å². The molecule has 3 nitrogen and oxygen atoms in total. The number of terminal acetylenes is 1. The lowest BCUT2D eigenvalue weighted by Crippen LogP contribution is -2.18. The second-order valence-corrected chi connectivity index (χ2v) is 6.19. The van der Waals surface area contributed by atoms with Crippen molar-refractivity contribution < 1.29 is 4.79 Å². The summed E-state index contributed by atoms with van der Waals surface area (Å²) < 4.78 is 3.08. The smallest absolute Gasteiger partial charge is 0.250 e. The number of nitrogens with zero attached hydrogens (tertiary/aromatic N) is 2. The van der Waals surface area contributed by atoms with Gasteiger partial charge in [0.25, 0.3) is 5.91 Å². The van der Waals surface area contributed by atoms with E-state index in [9.17, 15) is 4.79 Å². The zero-order chi connectivity index (χ0) is 14.9. The third kappa shape index (κ3) is 2.68. The number of hydrogen-bond acceptors (Lipinski definition) is 2.